The van der Waals surface area contributed by atoms with Crippen LogP contribution in [0.25, 0.3) is 0 Å². The molecule has 2 aromatic carbocycles. The molecular formula is C17H15BrN2O5. The largest absolute Gasteiger partial charge is 0.452 e. The summed E-state index contributed by atoms with van der Waals surface area (Å²) in [5.41, 5.74) is 0.843. The number of carbonyl (C=O) groups excluding carboxylic acids is 2. The first-order valence-corrected chi connectivity index (χ1v) is 8.18. The maximum Gasteiger partial charge on any atom is 0.338 e. The van der Waals surface area contributed by atoms with Crippen LogP contribution in [0.3, 0.4) is 0 Å². The van der Waals surface area contributed by atoms with E-state index in [-0.39, 0.29) is 15.7 Å². The van der Waals surface area contributed by atoms with Crippen molar-refractivity contribution in [2.24, 2.45) is 0 Å². The monoisotopic (exact) mass is 406 g/mol. The smallest absolute Gasteiger partial charge is 0.338 e. The van der Waals surface area contributed by atoms with Crippen LogP contribution in [0, 0.1) is 10.1 Å². The Labute approximate surface area is 152 Å². The maximum atomic E-state index is 11.9. The second-order valence-electron chi connectivity index (χ2n) is 5.08. The summed E-state index contributed by atoms with van der Waals surface area (Å²) in [6.07, 6.45) is 0.666. The quantitative estimate of drug-likeness (QED) is 0.432. The average Bonchev–Trinajstić information content (AvgIpc) is 2.60. The summed E-state index contributed by atoms with van der Waals surface area (Å²) in [5.74, 6) is -1.23. The van der Waals surface area contributed by atoms with E-state index in [1.165, 1.54) is 12.1 Å². The number of carbonyl (C=O) groups is 2. The van der Waals surface area contributed by atoms with E-state index in [9.17, 15) is 19.7 Å². The van der Waals surface area contributed by atoms with Crippen LogP contribution >= 0.6 is 15.9 Å². The van der Waals surface area contributed by atoms with Gasteiger partial charge >= 0.3 is 5.97 Å². The molecule has 0 fully saturated rings. The molecular weight excluding hydrogens is 392 g/mol. The van der Waals surface area contributed by atoms with Gasteiger partial charge < -0.3 is 10.1 Å². The van der Waals surface area contributed by atoms with Crippen LogP contribution in [0.15, 0.2) is 53.0 Å². The lowest BCUT2D eigenvalue weighted by Gasteiger charge is -2.07. The van der Waals surface area contributed by atoms with Crippen molar-refractivity contribution >= 4 is 33.5 Å². The SMILES string of the molecule is O=C(COC(=O)c1ccc(Br)c([N+](=O)[O-])c1)NCCc1ccccc1. The highest BCUT2D eigenvalue weighted by Crippen LogP contribution is 2.25. The number of rotatable bonds is 7. The molecule has 2 aromatic rings. The van der Waals surface area contributed by atoms with E-state index in [1.54, 1.807) is 0 Å². The van der Waals surface area contributed by atoms with Gasteiger partial charge in [0.1, 0.15) is 0 Å². The summed E-state index contributed by atoms with van der Waals surface area (Å²) in [7, 11) is 0. The highest BCUT2D eigenvalue weighted by Gasteiger charge is 2.17. The Bertz CT molecular complexity index is 780. The molecule has 0 aromatic heterocycles. The van der Waals surface area contributed by atoms with Crippen LogP contribution in [0.1, 0.15) is 15.9 Å². The molecule has 0 saturated heterocycles. The minimum Gasteiger partial charge on any atom is -0.452 e. The number of benzene rings is 2. The summed E-state index contributed by atoms with van der Waals surface area (Å²) in [4.78, 5) is 33.8. The van der Waals surface area contributed by atoms with Crippen LogP contribution in [0.2, 0.25) is 0 Å². The molecule has 0 heterocycles. The standard InChI is InChI=1S/C17H15BrN2O5/c18-14-7-6-13(10-15(14)20(23)24)17(22)25-11-16(21)19-9-8-12-4-2-1-3-5-12/h1-7,10H,8-9,11H2,(H,19,21). The zero-order valence-corrected chi connectivity index (χ0v) is 14.7. The van der Waals surface area contributed by atoms with Crippen LogP contribution in [0.4, 0.5) is 5.69 Å². The van der Waals surface area contributed by atoms with Gasteiger partial charge in [-0.25, -0.2) is 4.79 Å². The van der Waals surface area contributed by atoms with Crippen molar-refractivity contribution in [1.82, 2.24) is 5.32 Å². The molecule has 25 heavy (non-hydrogen) atoms. The van der Waals surface area contributed by atoms with Crippen molar-refractivity contribution in [3.63, 3.8) is 0 Å². The topological polar surface area (TPSA) is 98.5 Å². The van der Waals surface area contributed by atoms with E-state index in [1.807, 2.05) is 30.3 Å². The Balaban J connectivity index is 1.80. The molecule has 7 nitrogen and oxygen atoms in total. The second kappa shape index (κ2) is 8.93. The zero-order chi connectivity index (χ0) is 18.2. The summed E-state index contributed by atoms with van der Waals surface area (Å²) in [6.45, 7) is -0.0262. The number of nitrogens with one attached hydrogen (secondary N) is 1. The Morgan fingerprint density at radius 1 is 1.16 bits per heavy atom. The highest BCUT2D eigenvalue weighted by atomic mass is 79.9. The predicted molar refractivity (Wildman–Crippen MR) is 94.2 cm³/mol. The highest BCUT2D eigenvalue weighted by molar-refractivity contribution is 9.10. The van der Waals surface area contributed by atoms with Gasteiger partial charge in [0.05, 0.1) is 15.0 Å². The van der Waals surface area contributed by atoms with E-state index >= 15 is 0 Å². The number of hydrogen-bond donors (Lipinski definition) is 1. The molecule has 1 N–H and O–H groups in total. The molecule has 0 aliphatic heterocycles. The van der Waals surface area contributed by atoms with Crippen LogP contribution in [-0.4, -0.2) is 30.0 Å². The third kappa shape index (κ3) is 5.68. The average molecular weight is 407 g/mol. The lowest BCUT2D eigenvalue weighted by molar-refractivity contribution is -0.385. The normalized spacial score (nSPS) is 10.1. The first kappa shape index (κ1) is 18.6. The molecule has 1 amide bonds. The molecule has 130 valence electrons. The minimum atomic E-state index is -0.797. The Hall–Kier alpha value is -2.74. The number of hydrogen-bond acceptors (Lipinski definition) is 5. The third-order valence-corrected chi connectivity index (χ3v) is 3.96. The molecule has 0 radical (unpaired) electrons. The lowest BCUT2D eigenvalue weighted by atomic mass is 10.1. The van der Waals surface area contributed by atoms with E-state index in [2.05, 4.69) is 21.2 Å². The number of esters is 1. The molecule has 0 atom stereocenters. The van der Waals surface area contributed by atoms with Crippen molar-refractivity contribution in [2.75, 3.05) is 13.2 Å². The number of nitro benzene ring substituents is 1. The lowest BCUT2D eigenvalue weighted by Crippen LogP contribution is -2.30. The van der Waals surface area contributed by atoms with Gasteiger partial charge in [0.25, 0.3) is 11.6 Å². The van der Waals surface area contributed by atoms with Gasteiger partial charge in [0, 0.05) is 12.6 Å². The van der Waals surface area contributed by atoms with Gasteiger partial charge in [-0.05, 0) is 40.0 Å². The predicted octanol–water partition coefficient (Wildman–Crippen LogP) is 2.87. The maximum absolute atomic E-state index is 11.9. The summed E-state index contributed by atoms with van der Waals surface area (Å²) < 4.78 is 5.14. The fraction of sp³-hybridized carbons (Fsp3) is 0.176. The number of nitro groups is 1. The molecule has 0 unspecified atom stereocenters. The Morgan fingerprint density at radius 3 is 2.56 bits per heavy atom. The second-order valence-corrected chi connectivity index (χ2v) is 5.94. The summed E-state index contributed by atoms with van der Waals surface area (Å²) >= 11 is 3.03. The van der Waals surface area contributed by atoms with Crippen molar-refractivity contribution in [3.05, 3.63) is 74.2 Å². The van der Waals surface area contributed by atoms with Crippen LogP contribution < -0.4 is 5.32 Å². The third-order valence-electron chi connectivity index (χ3n) is 3.29. The van der Waals surface area contributed by atoms with Gasteiger partial charge in [0.15, 0.2) is 6.61 Å². The van der Waals surface area contributed by atoms with E-state index < -0.39 is 23.4 Å². The van der Waals surface area contributed by atoms with Gasteiger partial charge in [-0.15, -0.1) is 0 Å². The molecule has 2 rings (SSSR count). The zero-order valence-electron chi connectivity index (χ0n) is 13.1. The minimum absolute atomic E-state index is 0.00647. The summed E-state index contributed by atoms with van der Waals surface area (Å²) in [6, 6.07) is 13.5. The molecule has 0 saturated carbocycles. The molecule has 0 spiro atoms. The van der Waals surface area contributed by atoms with Crippen molar-refractivity contribution in [3.8, 4) is 0 Å². The number of amides is 1. The van der Waals surface area contributed by atoms with Gasteiger partial charge in [0.2, 0.25) is 0 Å². The number of halogens is 1. The fourth-order valence-corrected chi connectivity index (χ4v) is 2.43. The number of nitrogens with zero attached hydrogens (tertiary/aromatic N) is 1. The van der Waals surface area contributed by atoms with Crippen LogP contribution in [-0.2, 0) is 16.0 Å². The first-order chi connectivity index (χ1) is 12.0. The van der Waals surface area contributed by atoms with Gasteiger partial charge in [-0.1, -0.05) is 30.3 Å². The van der Waals surface area contributed by atoms with Crippen LogP contribution in [0.5, 0.6) is 0 Å². The Morgan fingerprint density at radius 2 is 1.88 bits per heavy atom. The Kier molecular flexibility index (Phi) is 6.64. The van der Waals surface area contributed by atoms with E-state index in [0.29, 0.717) is 13.0 Å². The summed E-state index contributed by atoms with van der Waals surface area (Å²) in [5, 5.41) is 13.5. The fourth-order valence-electron chi connectivity index (χ4n) is 2.04. The van der Waals surface area contributed by atoms with Gasteiger partial charge in [-0.2, -0.15) is 0 Å². The first-order valence-electron chi connectivity index (χ1n) is 7.39. The molecule has 0 bridgehead atoms. The van der Waals surface area contributed by atoms with Crippen molar-refractivity contribution in [2.45, 2.75) is 6.42 Å². The van der Waals surface area contributed by atoms with Crippen molar-refractivity contribution < 1.29 is 19.2 Å². The van der Waals surface area contributed by atoms with Crippen molar-refractivity contribution in [1.29, 1.82) is 0 Å². The van der Waals surface area contributed by atoms with E-state index in [0.717, 1.165) is 11.6 Å². The molecule has 0 aliphatic rings. The number of ether oxygens (including phenoxy) is 1. The van der Waals surface area contributed by atoms with E-state index in [4.69, 9.17) is 4.74 Å². The molecule has 0 aliphatic carbocycles. The van der Waals surface area contributed by atoms with Gasteiger partial charge in [-0.3, -0.25) is 14.9 Å². The molecule has 8 heteroatoms.